The van der Waals surface area contributed by atoms with Crippen LogP contribution in [-0.2, 0) is 6.54 Å². The van der Waals surface area contributed by atoms with Gasteiger partial charge in [0.1, 0.15) is 10.7 Å². The first kappa shape index (κ1) is 14.6. The Morgan fingerprint density at radius 3 is 2.55 bits per heavy atom. The summed E-state index contributed by atoms with van der Waals surface area (Å²) in [7, 11) is 1.63. The molecule has 0 aromatic heterocycles. The van der Waals surface area contributed by atoms with Crippen molar-refractivity contribution >= 4 is 34.5 Å². The lowest BCUT2D eigenvalue weighted by Crippen LogP contribution is -2.09. The summed E-state index contributed by atoms with van der Waals surface area (Å²) in [6.07, 6.45) is 0. The zero-order valence-electron chi connectivity index (χ0n) is 11.0. The van der Waals surface area contributed by atoms with Gasteiger partial charge in [-0.25, -0.2) is 0 Å². The summed E-state index contributed by atoms with van der Waals surface area (Å²) in [4.78, 5) is 0.393. The predicted molar refractivity (Wildman–Crippen MR) is 87.7 cm³/mol. The molecule has 0 aliphatic rings. The van der Waals surface area contributed by atoms with Gasteiger partial charge in [-0.15, -0.1) is 0 Å². The molecule has 0 saturated carbocycles. The van der Waals surface area contributed by atoms with E-state index in [4.69, 9.17) is 34.3 Å². The maximum Gasteiger partial charge on any atom is 0.125 e. The van der Waals surface area contributed by atoms with E-state index in [2.05, 4.69) is 5.32 Å². The van der Waals surface area contributed by atoms with Crippen LogP contribution < -0.4 is 15.8 Å². The SMILES string of the molecule is COc1cccc(Cl)c1CNc1ccc(C(N)=S)cc1. The molecule has 20 heavy (non-hydrogen) atoms. The molecule has 2 rings (SSSR count). The number of benzene rings is 2. The van der Waals surface area contributed by atoms with Gasteiger partial charge >= 0.3 is 0 Å². The smallest absolute Gasteiger partial charge is 0.125 e. The van der Waals surface area contributed by atoms with Crippen molar-refractivity contribution in [3.05, 3.63) is 58.6 Å². The molecule has 3 N–H and O–H groups in total. The molecule has 0 fully saturated rings. The Bertz CT molecular complexity index is 614. The molecule has 0 heterocycles. The van der Waals surface area contributed by atoms with Crippen molar-refractivity contribution in [2.24, 2.45) is 5.73 Å². The second-order valence-electron chi connectivity index (χ2n) is 4.22. The highest BCUT2D eigenvalue weighted by atomic mass is 35.5. The molecule has 104 valence electrons. The van der Waals surface area contributed by atoms with Crippen molar-refractivity contribution in [3.63, 3.8) is 0 Å². The standard InChI is InChI=1S/C15H15ClN2OS/c1-19-14-4-2-3-13(16)12(14)9-18-11-7-5-10(6-8-11)15(17)20/h2-8,18H,9H2,1H3,(H2,17,20). The molecule has 0 amide bonds. The summed E-state index contributed by atoms with van der Waals surface area (Å²) in [5.74, 6) is 0.768. The lowest BCUT2D eigenvalue weighted by atomic mass is 10.1. The van der Waals surface area contributed by atoms with Crippen LogP contribution >= 0.6 is 23.8 Å². The van der Waals surface area contributed by atoms with E-state index in [9.17, 15) is 0 Å². The summed E-state index contributed by atoms with van der Waals surface area (Å²) in [5, 5.41) is 3.97. The Kier molecular flexibility index (Phi) is 4.82. The monoisotopic (exact) mass is 306 g/mol. The minimum absolute atomic E-state index is 0.393. The highest BCUT2D eigenvalue weighted by Gasteiger charge is 2.07. The van der Waals surface area contributed by atoms with Gasteiger partial charge in [0.05, 0.1) is 7.11 Å². The zero-order valence-corrected chi connectivity index (χ0v) is 12.6. The number of hydrogen-bond donors (Lipinski definition) is 2. The van der Waals surface area contributed by atoms with Gasteiger partial charge in [-0.1, -0.05) is 29.9 Å². The average molecular weight is 307 g/mol. The third kappa shape index (κ3) is 3.40. The van der Waals surface area contributed by atoms with Gasteiger partial charge in [0.2, 0.25) is 0 Å². The van der Waals surface area contributed by atoms with Crippen molar-refractivity contribution in [1.29, 1.82) is 0 Å². The second-order valence-corrected chi connectivity index (χ2v) is 5.06. The molecule has 2 aromatic rings. The van der Waals surface area contributed by atoms with Crippen LogP contribution in [0.15, 0.2) is 42.5 Å². The molecule has 0 atom stereocenters. The number of nitrogens with one attached hydrogen (secondary N) is 1. The van der Waals surface area contributed by atoms with E-state index in [0.717, 1.165) is 22.6 Å². The summed E-state index contributed by atoms with van der Waals surface area (Å²) in [5.41, 5.74) is 8.30. The molecule has 0 saturated heterocycles. The topological polar surface area (TPSA) is 47.3 Å². The van der Waals surface area contributed by atoms with E-state index in [1.807, 2.05) is 42.5 Å². The number of methoxy groups -OCH3 is 1. The maximum atomic E-state index is 6.19. The molecule has 0 spiro atoms. The number of rotatable bonds is 5. The maximum absolute atomic E-state index is 6.19. The Morgan fingerprint density at radius 1 is 1.25 bits per heavy atom. The Labute approximate surface area is 128 Å². The molecule has 2 aromatic carbocycles. The van der Waals surface area contributed by atoms with Crippen LogP contribution in [-0.4, -0.2) is 12.1 Å². The third-order valence-corrected chi connectivity index (χ3v) is 3.52. The van der Waals surface area contributed by atoms with Crippen LogP contribution in [0.2, 0.25) is 5.02 Å². The molecule has 5 heteroatoms. The Morgan fingerprint density at radius 2 is 1.95 bits per heavy atom. The highest BCUT2D eigenvalue weighted by molar-refractivity contribution is 7.80. The fraction of sp³-hybridized carbons (Fsp3) is 0.133. The lowest BCUT2D eigenvalue weighted by Gasteiger charge is -2.12. The average Bonchev–Trinajstić information content (AvgIpc) is 2.46. The highest BCUT2D eigenvalue weighted by Crippen LogP contribution is 2.27. The zero-order chi connectivity index (χ0) is 14.5. The van der Waals surface area contributed by atoms with Crippen molar-refractivity contribution < 1.29 is 4.74 Å². The van der Waals surface area contributed by atoms with Gasteiger partial charge in [-0.05, 0) is 36.4 Å². The van der Waals surface area contributed by atoms with Crippen LogP contribution in [0.3, 0.4) is 0 Å². The fourth-order valence-corrected chi connectivity index (χ4v) is 2.21. The third-order valence-electron chi connectivity index (χ3n) is 2.93. The van der Waals surface area contributed by atoms with Crippen LogP contribution in [0, 0.1) is 0 Å². The molecule has 0 radical (unpaired) electrons. The number of nitrogens with two attached hydrogens (primary N) is 1. The van der Waals surface area contributed by atoms with Crippen LogP contribution in [0.5, 0.6) is 5.75 Å². The Balaban J connectivity index is 2.11. The molecule has 0 unspecified atom stereocenters. The number of anilines is 1. The van der Waals surface area contributed by atoms with Crippen LogP contribution in [0.25, 0.3) is 0 Å². The fourth-order valence-electron chi connectivity index (χ4n) is 1.84. The molecular weight excluding hydrogens is 292 g/mol. The summed E-state index contributed by atoms with van der Waals surface area (Å²) >= 11 is 11.1. The van der Waals surface area contributed by atoms with E-state index >= 15 is 0 Å². The molecule has 0 bridgehead atoms. The van der Waals surface area contributed by atoms with Gasteiger partial charge in [-0.3, -0.25) is 0 Å². The minimum atomic E-state index is 0.393. The number of halogens is 1. The van der Waals surface area contributed by atoms with Gasteiger partial charge in [0.25, 0.3) is 0 Å². The Hall–Kier alpha value is -1.78. The molecule has 0 aliphatic carbocycles. The first-order chi connectivity index (χ1) is 9.61. The van der Waals surface area contributed by atoms with Crippen molar-refractivity contribution in [2.75, 3.05) is 12.4 Å². The van der Waals surface area contributed by atoms with E-state index in [-0.39, 0.29) is 0 Å². The van der Waals surface area contributed by atoms with Crippen LogP contribution in [0.4, 0.5) is 5.69 Å². The van der Waals surface area contributed by atoms with E-state index in [1.54, 1.807) is 7.11 Å². The summed E-state index contributed by atoms with van der Waals surface area (Å²) in [6, 6.07) is 13.2. The number of hydrogen-bond acceptors (Lipinski definition) is 3. The summed E-state index contributed by atoms with van der Waals surface area (Å²) < 4.78 is 5.31. The van der Waals surface area contributed by atoms with Crippen molar-refractivity contribution in [2.45, 2.75) is 6.54 Å². The molecule has 3 nitrogen and oxygen atoms in total. The molecule has 0 aliphatic heterocycles. The minimum Gasteiger partial charge on any atom is -0.496 e. The number of ether oxygens (including phenoxy) is 1. The quantitative estimate of drug-likeness (QED) is 0.829. The normalized spacial score (nSPS) is 10.1. The van der Waals surface area contributed by atoms with Gasteiger partial charge in [-0.2, -0.15) is 0 Å². The van der Waals surface area contributed by atoms with Crippen LogP contribution in [0.1, 0.15) is 11.1 Å². The van der Waals surface area contributed by atoms with E-state index in [1.165, 1.54) is 0 Å². The lowest BCUT2D eigenvalue weighted by molar-refractivity contribution is 0.410. The number of thiocarbonyl (C=S) groups is 1. The first-order valence-electron chi connectivity index (χ1n) is 6.07. The van der Waals surface area contributed by atoms with Gasteiger partial charge < -0.3 is 15.8 Å². The predicted octanol–water partition coefficient (Wildman–Crippen LogP) is 3.59. The van der Waals surface area contributed by atoms with Crippen molar-refractivity contribution in [1.82, 2.24) is 0 Å². The second kappa shape index (κ2) is 6.59. The van der Waals surface area contributed by atoms with Gasteiger partial charge in [0, 0.05) is 28.4 Å². The van der Waals surface area contributed by atoms with E-state index < -0.39 is 0 Å². The van der Waals surface area contributed by atoms with Crippen molar-refractivity contribution in [3.8, 4) is 5.75 Å². The molecular formula is C15H15ClN2OS. The first-order valence-corrected chi connectivity index (χ1v) is 6.85. The van der Waals surface area contributed by atoms with Gasteiger partial charge in [0.15, 0.2) is 0 Å². The van der Waals surface area contributed by atoms with E-state index in [0.29, 0.717) is 16.6 Å². The summed E-state index contributed by atoms with van der Waals surface area (Å²) in [6.45, 7) is 0.579. The largest absolute Gasteiger partial charge is 0.496 e.